The van der Waals surface area contributed by atoms with Crippen LogP contribution in [0.25, 0.3) is 0 Å². The molecule has 2 N–H and O–H groups in total. The zero-order chi connectivity index (χ0) is 12.4. The molecule has 1 fully saturated rings. The van der Waals surface area contributed by atoms with Crippen molar-refractivity contribution in [3.63, 3.8) is 0 Å². The van der Waals surface area contributed by atoms with Gasteiger partial charge in [-0.1, -0.05) is 0 Å². The van der Waals surface area contributed by atoms with Crippen LogP contribution >= 0.6 is 0 Å². The molecule has 1 atom stereocenters. The Balaban J connectivity index is 2.58. The number of methoxy groups -OCH3 is 1. The van der Waals surface area contributed by atoms with E-state index in [0.29, 0.717) is 12.3 Å². The minimum Gasteiger partial charge on any atom is -0.480 e. The lowest BCUT2D eigenvalue weighted by molar-refractivity contribution is -0.147. The Morgan fingerprint density at radius 1 is 1.44 bits per heavy atom. The summed E-state index contributed by atoms with van der Waals surface area (Å²) in [5.41, 5.74) is -1.33. The maximum atomic E-state index is 11.3. The molecule has 1 rings (SSSR count). The summed E-state index contributed by atoms with van der Waals surface area (Å²) in [5, 5.41) is 12.5. The molecule has 0 aromatic rings. The highest BCUT2D eigenvalue weighted by Crippen LogP contribution is 2.30. The van der Waals surface area contributed by atoms with E-state index >= 15 is 0 Å². The van der Waals surface area contributed by atoms with Crippen molar-refractivity contribution in [2.75, 3.05) is 13.7 Å². The van der Waals surface area contributed by atoms with E-state index < -0.39 is 17.1 Å². The van der Waals surface area contributed by atoms with Crippen LogP contribution in [0.15, 0.2) is 0 Å². The Hall–Kier alpha value is -0.610. The summed E-state index contributed by atoms with van der Waals surface area (Å²) < 4.78 is 5.30. The summed E-state index contributed by atoms with van der Waals surface area (Å²) in [4.78, 5) is 11.3. The summed E-state index contributed by atoms with van der Waals surface area (Å²) in [6.07, 6.45) is 2.89. The topological polar surface area (TPSA) is 58.6 Å². The van der Waals surface area contributed by atoms with Crippen molar-refractivity contribution in [1.82, 2.24) is 5.32 Å². The lowest BCUT2D eigenvalue weighted by atomic mass is 9.87. The first-order valence-corrected chi connectivity index (χ1v) is 5.83. The average molecular weight is 229 g/mol. The first-order chi connectivity index (χ1) is 7.29. The van der Waals surface area contributed by atoms with Crippen LogP contribution in [0.2, 0.25) is 0 Å². The Labute approximate surface area is 97.4 Å². The molecule has 0 heterocycles. The second kappa shape index (κ2) is 4.72. The van der Waals surface area contributed by atoms with Crippen LogP contribution < -0.4 is 5.32 Å². The molecule has 1 unspecified atom stereocenters. The molecule has 0 saturated heterocycles. The Kier molecular flexibility index (Phi) is 3.97. The SMILES string of the molecule is COC(C)(C)CC(C)(NCC1CC1)C(=O)O. The van der Waals surface area contributed by atoms with Crippen LogP contribution in [0, 0.1) is 5.92 Å². The van der Waals surface area contributed by atoms with Crippen molar-refractivity contribution in [3.8, 4) is 0 Å². The van der Waals surface area contributed by atoms with Gasteiger partial charge in [0, 0.05) is 13.5 Å². The van der Waals surface area contributed by atoms with Crippen molar-refractivity contribution < 1.29 is 14.6 Å². The van der Waals surface area contributed by atoms with Crippen LogP contribution in [-0.4, -0.2) is 35.9 Å². The minimum absolute atomic E-state index is 0.427. The zero-order valence-electron chi connectivity index (χ0n) is 10.7. The number of carbonyl (C=O) groups is 1. The fraction of sp³-hybridized carbons (Fsp3) is 0.917. The van der Waals surface area contributed by atoms with Crippen LogP contribution in [0.3, 0.4) is 0 Å². The maximum Gasteiger partial charge on any atom is 0.323 e. The van der Waals surface area contributed by atoms with E-state index in [1.165, 1.54) is 12.8 Å². The van der Waals surface area contributed by atoms with Gasteiger partial charge in [0.05, 0.1) is 5.60 Å². The quantitative estimate of drug-likeness (QED) is 0.697. The summed E-state index contributed by atoms with van der Waals surface area (Å²) in [6, 6.07) is 0. The smallest absolute Gasteiger partial charge is 0.323 e. The highest BCUT2D eigenvalue weighted by molar-refractivity contribution is 5.78. The number of nitrogens with one attached hydrogen (secondary N) is 1. The molecule has 16 heavy (non-hydrogen) atoms. The molecule has 0 amide bonds. The van der Waals surface area contributed by atoms with Crippen molar-refractivity contribution in [3.05, 3.63) is 0 Å². The molecule has 0 aromatic carbocycles. The predicted molar refractivity (Wildman–Crippen MR) is 62.5 cm³/mol. The maximum absolute atomic E-state index is 11.3. The van der Waals surface area contributed by atoms with Gasteiger partial charge in [0.1, 0.15) is 5.54 Å². The summed E-state index contributed by atoms with van der Waals surface area (Å²) in [7, 11) is 1.61. The second-order valence-corrected chi connectivity index (χ2v) is 5.60. The number of aliphatic carboxylic acids is 1. The lowest BCUT2D eigenvalue weighted by Gasteiger charge is -2.34. The van der Waals surface area contributed by atoms with Crippen molar-refractivity contribution in [2.24, 2.45) is 5.92 Å². The highest BCUT2D eigenvalue weighted by atomic mass is 16.5. The molecule has 1 saturated carbocycles. The third-order valence-electron chi connectivity index (χ3n) is 3.28. The molecule has 1 aliphatic rings. The van der Waals surface area contributed by atoms with Gasteiger partial charge in [-0.05, 0) is 46.1 Å². The van der Waals surface area contributed by atoms with E-state index in [4.69, 9.17) is 4.74 Å². The number of carboxylic acid groups (broad SMARTS) is 1. The summed E-state index contributed by atoms with van der Waals surface area (Å²) >= 11 is 0. The van der Waals surface area contributed by atoms with Gasteiger partial charge in [-0.25, -0.2) is 0 Å². The average Bonchev–Trinajstić information content (AvgIpc) is 2.97. The summed E-state index contributed by atoms with van der Waals surface area (Å²) in [5.74, 6) is -0.136. The second-order valence-electron chi connectivity index (χ2n) is 5.60. The van der Waals surface area contributed by atoms with Gasteiger partial charge in [0.15, 0.2) is 0 Å². The van der Waals surface area contributed by atoms with Gasteiger partial charge in [0.2, 0.25) is 0 Å². The fourth-order valence-electron chi connectivity index (χ4n) is 1.83. The van der Waals surface area contributed by atoms with Gasteiger partial charge in [-0.3, -0.25) is 4.79 Å². The number of hydrogen-bond donors (Lipinski definition) is 2. The Morgan fingerprint density at radius 3 is 2.38 bits per heavy atom. The largest absolute Gasteiger partial charge is 0.480 e. The van der Waals surface area contributed by atoms with Gasteiger partial charge in [0.25, 0.3) is 0 Å². The zero-order valence-corrected chi connectivity index (χ0v) is 10.7. The minimum atomic E-state index is -0.901. The standard InChI is InChI=1S/C12H23NO3/c1-11(2,16-4)8-12(3,10(14)15)13-7-9-5-6-9/h9,13H,5-8H2,1-4H3,(H,14,15). The number of hydrogen-bond acceptors (Lipinski definition) is 3. The van der Waals surface area contributed by atoms with Crippen molar-refractivity contribution in [2.45, 2.75) is 51.2 Å². The fourth-order valence-corrected chi connectivity index (χ4v) is 1.83. The van der Waals surface area contributed by atoms with E-state index in [2.05, 4.69) is 5.32 Å². The van der Waals surface area contributed by atoms with E-state index in [-0.39, 0.29) is 0 Å². The third kappa shape index (κ3) is 3.76. The number of carboxylic acids is 1. The molecular formula is C12H23NO3. The Morgan fingerprint density at radius 2 is 2.00 bits per heavy atom. The van der Waals surface area contributed by atoms with Crippen LogP contribution in [0.1, 0.15) is 40.0 Å². The number of ether oxygens (including phenoxy) is 1. The van der Waals surface area contributed by atoms with E-state index in [0.717, 1.165) is 6.54 Å². The molecule has 1 aliphatic carbocycles. The molecule has 94 valence electrons. The lowest BCUT2D eigenvalue weighted by Crippen LogP contribution is -2.54. The molecule has 0 aromatic heterocycles. The normalized spacial score (nSPS) is 20.5. The molecule has 4 heteroatoms. The molecule has 0 bridgehead atoms. The predicted octanol–water partition coefficient (Wildman–Crippen LogP) is 1.64. The monoisotopic (exact) mass is 229 g/mol. The van der Waals surface area contributed by atoms with Gasteiger partial charge < -0.3 is 15.2 Å². The van der Waals surface area contributed by atoms with Gasteiger partial charge in [-0.15, -0.1) is 0 Å². The molecule has 0 aliphatic heterocycles. The molecular weight excluding hydrogens is 206 g/mol. The number of rotatable bonds is 7. The first kappa shape index (κ1) is 13.5. The first-order valence-electron chi connectivity index (χ1n) is 5.83. The van der Waals surface area contributed by atoms with Crippen molar-refractivity contribution >= 4 is 5.97 Å². The van der Waals surface area contributed by atoms with E-state index in [1.54, 1.807) is 14.0 Å². The highest BCUT2D eigenvalue weighted by Gasteiger charge is 2.39. The molecule has 0 radical (unpaired) electrons. The van der Waals surface area contributed by atoms with Crippen molar-refractivity contribution in [1.29, 1.82) is 0 Å². The van der Waals surface area contributed by atoms with Crippen LogP contribution in [-0.2, 0) is 9.53 Å². The summed E-state index contributed by atoms with van der Waals surface area (Å²) in [6.45, 7) is 6.35. The third-order valence-corrected chi connectivity index (χ3v) is 3.28. The molecule has 4 nitrogen and oxygen atoms in total. The van der Waals surface area contributed by atoms with E-state index in [9.17, 15) is 9.90 Å². The van der Waals surface area contributed by atoms with E-state index in [1.807, 2.05) is 13.8 Å². The molecule has 0 spiro atoms. The van der Waals surface area contributed by atoms with Crippen LogP contribution in [0.4, 0.5) is 0 Å². The van der Waals surface area contributed by atoms with Gasteiger partial charge >= 0.3 is 5.97 Å². The van der Waals surface area contributed by atoms with Crippen LogP contribution in [0.5, 0.6) is 0 Å². The van der Waals surface area contributed by atoms with Gasteiger partial charge in [-0.2, -0.15) is 0 Å². The Bertz CT molecular complexity index is 261.